The minimum atomic E-state index is -0.0706. The smallest absolute Gasteiger partial charge is 0.161 e. The highest BCUT2D eigenvalue weighted by molar-refractivity contribution is 5.83. The molecule has 0 aromatic rings. The van der Waals surface area contributed by atoms with Crippen molar-refractivity contribution in [2.24, 2.45) is 11.8 Å². The van der Waals surface area contributed by atoms with E-state index < -0.39 is 0 Å². The first-order valence-corrected chi connectivity index (χ1v) is 5.41. The van der Waals surface area contributed by atoms with Gasteiger partial charge in [0.15, 0.2) is 5.78 Å². The summed E-state index contributed by atoms with van der Waals surface area (Å²) in [6.45, 7) is 2.90. The van der Waals surface area contributed by atoms with Gasteiger partial charge >= 0.3 is 0 Å². The van der Waals surface area contributed by atoms with E-state index in [0.717, 1.165) is 31.8 Å². The van der Waals surface area contributed by atoms with Crippen molar-refractivity contribution in [2.75, 3.05) is 6.61 Å². The lowest BCUT2D eigenvalue weighted by Gasteiger charge is -2.12. The molecule has 2 fully saturated rings. The summed E-state index contributed by atoms with van der Waals surface area (Å²) >= 11 is 0. The molecule has 1 heterocycles. The Labute approximate surface area is 79.7 Å². The normalized spacial score (nSPS) is 33.6. The Bertz CT molecular complexity index is 196. The van der Waals surface area contributed by atoms with Crippen molar-refractivity contribution in [3.05, 3.63) is 0 Å². The fourth-order valence-electron chi connectivity index (χ4n) is 2.00. The lowest BCUT2D eigenvalue weighted by molar-refractivity contribution is -0.129. The van der Waals surface area contributed by atoms with Crippen molar-refractivity contribution in [3.63, 3.8) is 0 Å². The molecule has 2 nitrogen and oxygen atoms in total. The highest BCUT2D eigenvalue weighted by atomic mass is 16.5. The molecule has 0 bridgehead atoms. The number of ether oxygens (including phenoxy) is 1. The van der Waals surface area contributed by atoms with Gasteiger partial charge in [0.2, 0.25) is 0 Å². The molecule has 2 rings (SSSR count). The highest BCUT2D eigenvalue weighted by Crippen LogP contribution is 2.34. The van der Waals surface area contributed by atoms with Gasteiger partial charge in [-0.2, -0.15) is 0 Å². The molecule has 0 spiro atoms. The second-order valence-corrected chi connectivity index (χ2v) is 4.51. The number of ketones is 1. The molecule has 2 heteroatoms. The standard InChI is InChI=1S/C11H18O2/c1-8-6-7-13-11(8)10(12)5-4-9-2-3-9/h8-9,11H,2-7H2,1H3. The molecular weight excluding hydrogens is 164 g/mol. The molecule has 2 aliphatic rings. The molecule has 1 aliphatic heterocycles. The Morgan fingerprint density at radius 3 is 2.69 bits per heavy atom. The summed E-state index contributed by atoms with van der Waals surface area (Å²) in [6.07, 6.45) is 5.52. The fourth-order valence-corrected chi connectivity index (χ4v) is 2.00. The van der Waals surface area contributed by atoms with Crippen molar-refractivity contribution in [2.45, 2.75) is 45.1 Å². The molecule has 1 saturated heterocycles. The van der Waals surface area contributed by atoms with E-state index in [9.17, 15) is 4.79 Å². The zero-order chi connectivity index (χ0) is 9.26. The highest BCUT2D eigenvalue weighted by Gasteiger charge is 2.31. The van der Waals surface area contributed by atoms with Gasteiger partial charge in [-0.15, -0.1) is 0 Å². The predicted molar refractivity (Wildman–Crippen MR) is 50.5 cm³/mol. The van der Waals surface area contributed by atoms with E-state index in [4.69, 9.17) is 4.74 Å². The lowest BCUT2D eigenvalue weighted by atomic mass is 9.97. The second-order valence-electron chi connectivity index (χ2n) is 4.51. The van der Waals surface area contributed by atoms with Crippen LogP contribution in [0.25, 0.3) is 0 Å². The van der Waals surface area contributed by atoms with Gasteiger partial charge in [0.05, 0.1) is 0 Å². The summed E-state index contributed by atoms with van der Waals surface area (Å²) in [5.41, 5.74) is 0. The van der Waals surface area contributed by atoms with Gasteiger partial charge in [-0.25, -0.2) is 0 Å². The van der Waals surface area contributed by atoms with Crippen LogP contribution in [0.15, 0.2) is 0 Å². The maximum Gasteiger partial charge on any atom is 0.161 e. The molecule has 1 aliphatic carbocycles. The van der Waals surface area contributed by atoms with Crippen LogP contribution in [0.4, 0.5) is 0 Å². The topological polar surface area (TPSA) is 26.3 Å². The Morgan fingerprint density at radius 1 is 1.38 bits per heavy atom. The summed E-state index contributed by atoms with van der Waals surface area (Å²) in [6, 6.07) is 0. The van der Waals surface area contributed by atoms with Gasteiger partial charge in [-0.3, -0.25) is 4.79 Å². The van der Waals surface area contributed by atoms with Crippen LogP contribution < -0.4 is 0 Å². The minimum absolute atomic E-state index is 0.0706. The van der Waals surface area contributed by atoms with Crippen molar-refractivity contribution in [1.29, 1.82) is 0 Å². The quantitative estimate of drug-likeness (QED) is 0.666. The monoisotopic (exact) mass is 182 g/mol. The Morgan fingerprint density at radius 2 is 2.15 bits per heavy atom. The van der Waals surface area contributed by atoms with Crippen LogP contribution >= 0.6 is 0 Å². The molecule has 1 saturated carbocycles. The van der Waals surface area contributed by atoms with Crippen molar-refractivity contribution in [3.8, 4) is 0 Å². The zero-order valence-corrected chi connectivity index (χ0v) is 8.29. The minimum Gasteiger partial charge on any atom is -0.370 e. The Hall–Kier alpha value is -0.370. The first-order valence-electron chi connectivity index (χ1n) is 5.41. The largest absolute Gasteiger partial charge is 0.370 e. The van der Waals surface area contributed by atoms with Crippen molar-refractivity contribution in [1.82, 2.24) is 0 Å². The number of hydrogen-bond acceptors (Lipinski definition) is 2. The van der Waals surface area contributed by atoms with Gasteiger partial charge in [0.25, 0.3) is 0 Å². The summed E-state index contributed by atoms with van der Waals surface area (Å²) < 4.78 is 5.43. The zero-order valence-electron chi connectivity index (χ0n) is 8.29. The third-order valence-electron chi connectivity index (χ3n) is 3.20. The van der Waals surface area contributed by atoms with Gasteiger partial charge in [0, 0.05) is 13.0 Å². The predicted octanol–water partition coefficient (Wildman–Crippen LogP) is 2.17. The van der Waals surface area contributed by atoms with Crippen LogP contribution in [0.2, 0.25) is 0 Å². The molecule has 13 heavy (non-hydrogen) atoms. The van der Waals surface area contributed by atoms with E-state index in [2.05, 4.69) is 6.92 Å². The van der Waals surface area contributed by atoms with Crippen LogP contribution in [0.1, 0.15) is 39.0 Å². The average molecular weight is 182 g/mol. The fraction of sp³-hybridized carbons (Fsp3) is 0.909. The Kier molecular flexibility index (Phi) is 2.68. The van der Waals surface area contributed by atoms with Crippen LogP contribution in [0, 0.1) is 11.8 Å². The van der Waals surface area contributed by atoms with Crippen LogP contribution in [-0.2, 0) is 9.53 Å². The van der Waals surface area contributed by atoms with Gasteiger partial charge in [0.1, 0.15) is 6.10 Å². The Balaban J connectivity index is 1.74. The first-order chi connectivity index (χ1) is 6.27. The van der Waals surface area contributed by atoms with Crippen LogP contribution in [0.3, 0.4) is 0 Å². The number of hydrogen-bond donors (Lipinski definition) is 0. The summed E-state index contributed by atoms with van der Waals surface area (Å²) in [5.74, 6) is 1.66. The molecule has 0 radical (unpaired) electrons. The number of carbonyl (C=O) groups excluding carboxylic acids is 1. The summed E-state index contributed by atoms with van der Waals surface area (Å²) in [4.78, 5) is 11.7. The van der Waals surface area contributed by atoms with Crippen molar-refractivity contribution >= 4 is 5.78 Å². The van der Waals surface area contributed by atoms with E-state index in [-0.39, 0.29) is 6.10 Å². The third-order valence-corrected chi connectivity index (χ3v) is 3.20. The summed E-state index contributed by atoms with van der Waals surface area (Å²) in [5, 5.41) is 0. The molecule has 0 N–H and O–H groups in total. The van der Waals surface area contributed by atoms with Crippen molar-refractivity contribution < 1.29 is 9.53 Å². The molecule has 0 aromatic heterocycles. The number of carbonyl (C=O) groups is 1. The number of Topliss-reactive ketones (excluding diaryl/α,β-unsaturated/α-hetero) is 1. The van der Waals surface area contributed by atoms with E-state index in [0.29, 0.717) is 11.7 Å². The first kappa shape index (κ1) is 9.20. The van der Waals surface area contributed by atoms with Gasteiger partial charge in [-0.1, -0.05) is 19.8 Å². The SMILES string of the molecule is CC1CCOC1C(=O)CCC1CC1. The lowest BCUT2D eigenvalue weighted by Crippen LogP contribution is -2.24. The second kappa shape index (κ2) is 3.79. The van der Waals surface area contributed by atoms with Crippen LogP contribution in [-0.4, -0.2) is 18.5 Å². The van der Waals surface area contributed by atoms with E-state index >= 15 is 0 Å². The average Bonchev–Trinajstić information content (AvgIpc) is 2.84. The molecular formula is C11H18O2. The molecule has 2 atom stereocenters. The maximum atomic E-state index is 11.7. The van der Waals surface area contributed by atoms with Gasteiger partial charge < -0.3 is 4.74 Å². The van der Waals surface area contributed by atoms with Gasteiger partial charge in [-0.05, 0) is 24.7 Å². The molecule has 2 unspecified atom stereocenters. The van der Waals surface area contributed by atoms with E-state index in [1.165, 1.54) is 12.8 Å². The summed E-state index contributed by atoms with van der Waals surface area (Å²) in [7, 11) is 0. The van der Waals surface area contributed by atoms with E-state index in [1.807, 2.05) is 0 Å². The van der Waals surface area contributed by atoms with Crippen LogP contribution in [0.5, 0.6) is 0 Å². The number of rotatable bonds is 4. The molecule has 0 amide bonds. The van der Waals surface area contributed by atoms with E-state index in [1.54, 1.807) is 0 Å². The third kappa shape index (κ3) is 2.31. The molecule has 0 aromatic carbocycles. The molecule has 74 valence electrons. The maximum absolute atomic E-state index is 11.7.